The van der Waals surface area contributed by atoms with Crippen LogP contribution in [0.4, 0.5) is 15.8 Å². The first-order valence-corrected chi connectivity index (χ1v) is 6.57. The van der Waals surface area contributed by atoms with E-state index in [-0.39, 0.29) is 0 Å². The van der Waals surface area contributed by atoms with Gasteiger partial charge in [0.2, 0.25) is 0 Å². The maximum atomic E-state index is 13.2. The molecule has 98 valence electrons. The minimum atomic E-state index is -0.431. The SMILES string of the molecule is Nc1ccc2c(c1)CN(c1c(Cl)cc(F)cc1Cl)C2. The van der Waals surface area contributed by atoms with Gasteiger partial charge in [-0.3, -0.25) is 0 Å². The lowest BCUT2D eigenvalue weighted by molar-refractivity contribution is 0.627. The summed E-state index contributed by atoms with van der Waals surface area (Å²) in [7, 11) is 0. The summed E-state index contributed by atoms with van der Waals surface area (Å²) in [5.41, 5.74) is 9.51. The van der Waals surface area contributed by atoms with Crippen molar-refractivity contribution in [3.63, 3.8) is 0 Å². The number of hydrogen-bond donors (Lipinski definition) is 1. The first kappa shape index (κ1) is 12.6. The third-order valence-corrected chi connectivity index (χ3v) is 3.83. The topological polar surface area (TPSA) is 29.3 Å². The average Bonchev–Trinajstić information content (AvgIpc) is 2.69. The predicted molar refractivity (Wildman–Crippen MR) is 77.2 cm³/mol. The Morgan fingerprint density at radius 3 is 2.32 bits per heavy atom. The number of hydrogen-bond acceptors (Lipinski definition) is 2. The lowest BCUT2D eigenvalue weighted by atomic mass is 10.1. The Hall–Kier alpha value is -1.45. The fraction of sp³-hybridized carbons (Fsp3) is 0.143. The van der Waals surface area contributed by atoms with Crippen LogP contribution >= 0.6 is 23.2 Å². The van der Waals surface area contributed by atoms with Gasteiger partial charge in [0.15, 0.2) is 0 Å². The zero-order valence-corrected chi connectivity index (χ0v) is 11.5. The zero-order valence-electron chi connectivity index (χ0n) is 9.96. The van der Waals surface area contributed by atoms with Gasteiger partial charge in [0.05, 0.1) is 15.7 Å². The minimum Gasteiger partial charge on any atom is -0.399 e. The van der Waals surface area contributed by atoms with E-state index >= 15 is 0 Å². The first-order valence-electron chi connectivity index (χ1n) is 5.81. The number of fused-ring (bicyclic) bond motifs is 1. The van der Waals surface area contributed by atoms with Crippen LogP contribution in [-0.4, -0.2) is 0 Å². The molecule has 2 aromatic carbocycles. The number of benzene rings is 2. The molecule has 0 amide bonds. The molecule has 0 atom stereocenters. The molecule has 0 radical (unpaired) electrons. The standard InChI is InChI=1S/C14H11Cl2FN2/c15-12-4-10(17)5-13(16)14(12)19-6-8-1-2-11(18)3-9(8)7-19/h1-5H,6-7,18H2. The molecule has 0 aliphatic carbocycles. The van der Waals surface area contributed by atoms with E-state index in [9.17, 15) is 4.39 Å². The highest BCUT2D eigenvalue weighted by Crippen LogP contribution is 2.39. The summed E-state index contributed by atoms with van der Waals surface area (Å²) in [6, 6.07) is 8.37. The van der Waals surface area contributed by atoms with Crippen molar-refractivity contribution in [3.8, 4) is 0 Å². The Kier molecular flexibility index (Phi) is 3.03. The molecule has 19 heavy (non-hydrogen) atoms. The number of rotatable bonds is 1. The highest BCUT2D eigenvalue weighted by molar-refractivity contribution is 6.39. The normalized spacial score (nSPS) is 13.7. The number of nitrogens with zero attached hydrogens (tertiary/aromatic N) is 1. The van der Waals surface area contributed by atoms with Gasteiger partial charge in [-0.25, -0.2) is 4.39 Å². The Morgan fingerprint density at radius 2 is 1.63 bits per heavy atom. The first-order chi connectivity index (χ1) is 9.04. The fourth-order valence-electron chi connectivity index (χ4n) is 2.41. The molecule has 3 rings (SSSR count). The monoisotopic (exact) mass is 296 g/mol. The van der Waals surface area contributed by atoms with Crippen LogP contribution in [0.5, 0.6) is 0 Å². The Labute approximate surface area is 120 Å². The molecule has 0 fully saturated rings. The fourth-order valence-corrected chi connectivity index (χ4v) is 3.11. The van der Waals surface area contributed by atoms with Gasteiger partial charge in [-0.05, 0) is 35.4 Å². The summed E-state index contributed by atoms with van der Waals surface area (Å²) in [6.45, 7) is 1.37. The van der Waals surface area contributed by atoms with Crippen molar-refractivity contribution in [2.24, 2.45) is 0 Å². The lowest BCUT2D eigenvalue weighted by Gasteiger charge is -2.20. The molecule has 0 saturated heterocycles. The van der Waals surface area contributed by atoms with Crippen molar-refractivity contribution in [1.29, 1.82) is 0 Å². The maximum absolute atomic E-state index is 13.2. The van der Waals surface area contributed by atoms with E-state index in [0.717, 1.165) is 11.3 Å². The molecule has 2 nitrogen and oxygen atoms in total. The predicted octanol–water partition coefficient (Wildman–Crippen LogP) is 4.23. The molecule has 0 saturated carbocycles. The molecular weight excluding hydrogens is 286 g/mol. The molecule has 2 aromatic rings. The minimum absolute atomic E-state index is 0.325. The molecule has 0 unspecified atom stereocenters. The van der Waals surface area contributed by atoms with Crippen molar-refractivity contribution in [3.05, 3.63) is 57.3 Å². The van der Waals surface area contributed by atoms with Gasteiger partial charge in [-0.15, -0.1) is 0 Å². The summed E-state index contributed by atoms with van der Waals surface area (Å²) >= 11 is 12.2. The molecule has 0 aromatic heterocycles. The zero-order chi connectivity index (χ0) is 13.6. The van der Waals surface area contributed by atoms with E-state index in [2.05, 4.69) is 0 Å². The van der Waals surface area contributed by atoms with E-state index in [1.807, 2.05) is 23.1 Å². The van der Waals surface area contributed by atoms with Crippen LogP contribution in [0.1, 0.15) is 11.1 Å². The highest BCUT2D eigenvalue weighted by atomic mass is 35.5. The van der Waals surface area contributed by atoms with Crippen molar-refractivity contribution < 1.29 is 4.39 Å². The second-order valence-corrected chi connectivity index (χ2v) is 5.42. The largest absolute Gasteiger partial charge is 0.399 e. The maximum Gasteiger partial charge on any atom is 0.126 e. The number of nitrogens with two attached hydrogens (primary N) is 1. The van der Waals surface area contributed by atoms with Gasteiger partial charge in [0.1, 0.15) is 5.82 Å². The van der Waals surface area contributed by atoms with Gasteiger partial charge >= 0.3 is 0 Å². The smallest absolute Gasteiger partial charge is 0.126 e. The second kappa shape index (κ2) is 4.58. The Morgan fingerprint density at radius 1 is 1.00 bits per heavy atom. The molecule has 1 aliphatic rings. The number of anilines is 2. The summed E-state index contributed by atoms with van der Waals surface area (Å²) in [4.78, 5) is 2.02. The van der Waals surface area contributed by atoms with Gasteiger partial charge in [0, 0.05) is 18.8 Å². The Bertz CT molecular complexity index is 635. The van der Waals surface area contributed by atoms with E-state index < -0.39 is 5.82 Å². The third-order valence-electron chi connectivity index (χ3n) is 3.25. The van der Waals surface area contributed by atoms with Crippen LogP contribution in [0, 0.1) is 5.82 Å². The molecule has 2 N–H and O–H groups in total. The molecule has 0 spiro atoms. The Balaban J connectivity index is 1.99. The van der Waals surface area contributed by atoms with Crippen LogP contribution in [0.15, 0.2) is 30.3 Å². The summed E-state index contributed by atoms with van der Waals surface area (Å²) in [5, 5.41) is 0.650. The van der Waals surface area contributed by atoms with Crippen molar-refractivity contribution in [1.82, 2.24) is 0 Å². The summed E-state index contributed by atoms with van der Waals surface area (Å²) in [6.07, 6.45) is 0. The van der Waals surface area contributed by atoms with Gasteiger partial charge < -0.3 is 10.6 Å². The molecule has 1 aliphatic heterocycles. The van der Waals surface area contributed by atoms with E-state index in [4.69, 9.17) is 28.9 Å². The third kappa shape index (κ3) is 2.24. The highest BCUT2D eigenvalue weighted by Gasteiger charge is 2.23. The summed E-state index contributed by atoms with van der Waals surface area (Å²) in [5.74, 6) is -0.431. The van der Waals surface area contributed by atoms with Crippen LogP contribution < -0.4 is 10.6 Å². The second-order valence-electron chi connectivity index (χ2n) is 4.60. The van der Waals surface area contributed by atoms with E-state index in [1.54, 1.807) is 0 Å². The number of halogens is 3. The van der Waals surface area contributed by atoms with Crippen LogP contribution in [0.3, 0.4) is 0 Å². The van der Waals surface area contributed by atoms with Crippen molar-refractivity contribution >= 4 is 34.6 Å². The molecular formula is C14H11Cl2FN2. The molecule has 0 bridgehead atoms. The van der Waals surface area contributed by atoms with Crippen LogP contribution in [0.25, 0.3) is 0 Å². The molecule has 1 heterocycles. The van der Waals surface area contributed by atoms with E-state index in [0.29, 0.717) is 28.8 Å². The van der Waals surface area contributed by atoms with Gasteiger partial charge in [-0.1, -0.05) is 29.3 Å². The van der Waals surface area contributed by atoms with Crippen LogP contribution in [0.2, 0.25) is 10.0 Å². The van der Waals surface area contributed by atoms with Crippen molar-refractivity contribution in [2.45, 2.75) is 13.1 Å². The lowest BCUT2D eigenvalue weighted by Crippen LogP contribution is -2.15. The van der Waals surface area contributed by atoms with Gasteiger partial charge in [-0.2, -0.15) is 0 Å². The number of nitrogen functional groups attached to an aromatic ring is 1. The van der Waals surface area contributed by atoms with Crippen LogP contribution in [-0.2, 0) is 13.1 Å². The molecule has 5 heteroatoms. The summed E-state index contributed by atoms with van der Waals surface area (Å²) < 4.78 is 13.2. The average molecular weight is 297 g/mol. The van der Waals surface area contributed by atoms with E-state index in [1.165, 1.54) is 17.7 Å². The van der Waals surface area contributed by atoms with Gasteiger partial charge in [0.25, 0.3) is 0 Å². The van der Waals surface area contributed by atoms with Crippen molar-refractivity contribution in [2.75, 3.05) is 10.6 Å². The quantitative estimate of drug-likeness (QED) is 0.798.